The van der Waals surface area contributed by atoms with Crippen LogP contribution in [0, 0.1) is 12.8 Å². The van der Waals surface area contributed by atoms with Crippen molar-refractivity contribution >= 4 is 17.8 Å². The van der Waals surface area contributed by atoms with Crippen LogP contribution < -0.4 is 10.6 Å². The van der Waals surface area contributed by atoms with Crippen LogP contribution in [-0.2, 0) is 14.3 Å². The van der Waals surface area contributed by atoms with E-state index in [2.05, 4.69) is 15.8 Å². The zero-order valence-corrected chi connectivity index (χ0v) is 18.0. The SMILES string of the molecule is Cc1cc(NC[C@H](C)NC(=O)OC(CC2CCCCC2)C(=O)N2CCOCC2)no1. The van der Waals surface area contributed by atoms with Crippen molar-refractivity contribution in [1.29, 1.82) is 0 Å². The molecule has 1 unspecified atom stereocenters. The Morgan fingerprint density at radius 1 is 1.27 bits per heavy atom. The molecule has 2 heterocycles. The maximum atomic E-state index is 13.0. The van der Waals surface area contributed by atoms with E-state index in [0.717, 1.165) is 12.8 Å². The fourth-order valence-corrected chi connectivity index (χ4v) is 4.04. The Morgan fingerprint density at radius 3 is 2.67 bits per heavy atom. The number of amides is 2. The monoisotopic (exact) mass is 422 g/mol. The number of carbonyl (C=O) groups excluding carboxylic acids is 2. The summed E-state index contributed by atoms with van der Waals surface area (Å²) in [7, 11) is 0. The largest absolute Gasteiger partial charge is 0.436 e. The Morgan fingerprint density at radius 2 is 2.00 bits per heavy atom. The van der Waals surface area contributed by atoms with Gasteiger partial charge in [0.25, 0.3) is 5.91 Å². The van der Waals surface area contributed by atoms with Gasteiger partial charge in [-0.15, -0.1) is 0 Å². The molecule has 2 N–H and O–H groups in total. The lowest BCUT2D eigenvalue weighted by Crippen LogP contribution is -2.49. The van der Waals surface area contributed by atoms with Crippen molar-refractivity contribution < 1.29 is 23.6 Å². The number of carbonyl (C=O) groups is 2. The van der Waals surface area contributed by atoms with Crippen molar-refractivity contribution in [3.05, 3.63) is 11.8 Å². The molecule has 0 aromatic carbocycles. The molecule has 168 valence electrons. The Labute approximate surface area is 177 Å². The summed E-state index contributed by atoms with van der Waals surface area (Å²) in [6, 6.07) is 1.58. The Kier molecular flexibility index (Phi) is 8.36. The standard InChI is InChI=1S/C21H34N4O5/c1-15(14-22-19-12-16(2)30-24-19)23-21(27)29-18(13-17-6-4-3-5-7-17)20(26)25-8-10-28-11-9-25/h12,15,17-18H,3-11,13-14H2,1-2H3,(H,22,24)(H,23,27)/t15-,18?/m0/s1. The Balaban J connectivity index is 1.52. The number of alkyl carbamates (subject to hydrolysis) is 1. The zero-order valence-electron chi connectivity index (χ0n) is 18.0. The van der Waals surface area contributed by atoms with Gasteiger partial charge >= 0.3 is 6.09 Å². The molecule has 1 aliphatic carbocycles. The van der Waals surface area contributed by atoms with Crippen LogP contribution in [0.2, 0.25) is 0 Å². The number of hydrogen-bond donors (Lipinski definition) is 2. The molecule has 9 heteroatoms. The van der Waals surface area contributed by atoms with E-state index in [-0.39, 0.29) is 11.9 Å². The summed E-state index contributed by atoms with van der Waals surface area (Å²) in [5.41, 5.74) is 0. The van der Waals surface area contributed by atoms with Crippen LogP contribution >= 0.6 is 0 Å². The van der Waals surface area contributed by atoms with Gasteiger partial charge in [0.05, 0.1) is 13.2 Å². The van der Waals surface area contributed by atoms with Crippen molar-refractivity contribution in [3.8, 4) is 0 Å². The van der Waals surface area contributed by atoms with Gasteiger partial charge in [-0.3, -0.25) is 4.79 Å². The normalized spacial score (nSPS) is 19.7. The maximum Gasteiger partial charge on any atom is 0.408 e. The van der Waals surface area contributed by atoms with Crippen molar-refractivity contribution in [2.45, 2.75) is 64.5 Å². The summed E-state index contributed by atoms with van der Waals surface area (Å²) in [6.07, 6.45) is 5.07. The third-order valence-electron chi connectivity index (χ3n) is 5.70. The molecule has 1 saturated heterocycles. The van der Waals surface area contributed by atoms with E-state index in [1.807, 2.05) is 13.8 Å². The summed E-state index contributed by atoms with van der Waals surface area (Å²) in [6.45, 7) is 6.28. The predicted molar refractivity (Wildman–Crippen MR) is 111 cm³/mol. The van der Waals surface area contributed by atoms with Crippen LogP contribution in [0.5, 0.6) is 0 Å². The average molecular weight is 423 g/mol. The number of nitrogens with one attached hydrogen (secondary N) is 2. The molecule has 0 radical (unpaired) electrons. The fourth-order valence-electron chi connectivity index (χ4n) is 4.04. The van der Waals surface area contributed by atoms with Crippen LogP contribution in [-0.4, -0.2) is 67.1 Å². The summed E-state index contributed by atoms with van der Waals surface area (Å²) in [5.74, 6) is 1.65. The smallest absolute Gasteiger partial charge is 0.408 e. The number of ether oxygens (including phenoxy) is 2. The van der Waals surface area contributed by atoms with Gasteiger partial charge in [-0.05, 0) is 26.2 Å². The van der Waals surface area contributed by atoms with Crippen LogP contribution in [0.25, 0.3) is 0 Å². The number of anilines is 1. The topological polar surface area (TPSA) is 106 Å². The second-order valence-corrected chi connectivity index (χ2v) is 8.32. The second-order valence-electron chi connectivity index (χ2n) is 8.32. The van der Waals surface area contributed by atoms with Crippen LogP contribution in [0.4, 0.5) is 10.6 Å². The number of rotatable bonds is 8. The van der Waals surface area contributed by atoms with Gasteiger partial charge in [-0.1, -0.05) is 37.3 Å². The summed E-state index contributed by atoms with van der Waals surface area (Å²) < 4.78 is 16.0. The predicted octanol–water partition coefficient (Wildman–Crippen LogP) is 2.71. The van der Waals surface area contributed by atoms with Gasteiger partial charge in [0.15, 0.2) is 11.9 Å². The molecule has 2 aliphatic rings. The average Bonchev–Trinajstić information content (AvgIpc) is 3.18. The highest BCUT2D eigenvalue weighted by molar-refractivity contribution is 5.83. The number of nitrogens with zero attached hydrogens (tertiary/aromatic N) is 2. The molecule has 0 bridgehead atoms. The molecule has 1 aromatic heterocycles. The van der Waals surface area contributed by atoms with Gasteiger partial charge in [-0.25, -0.2) is 4.79 Å². The molecule has 30 heavy (non-hydrogen) atoms. The number of hydrogen-bond acceptors (Lipinski definition) is 7. The van der Waals surface area contributed by atoms with Gasteiger partial charge in [-0.2, -0.15) is 0 Å². The van der Waals surface area contributed by atoms with E-state index in [1.54, 1.807) is 11.0 Å². The molecule has 2 fully saturated rings. The van der Waals surface area contributed by atoms with Gasteiger partial charge < -0.3 is 29.5 Å². The van der Waals surface area contributed by atoms with Crippen molar-refractivity contribution in [2.75, 3.05) is 38.2 Å². The van der Waals surface area contributed by atoms with E-state index in [9.17, 15) is 9.59 Å². The first-order valence-corrected chi connectivity index (χ1v) is 11.0. The lowest BCUT2D eigenvalue weighted by atomic mass is 9.85. The summed E-state index contributed by atoms with van der Waals surface area (Å²) in [4.78, 5) is 27.3. The van der Waals surface area contributed by atoms with Crippen LogP contribution in [0.15, 0.2) is 10.6 Å². The molecule has 2 amide bonds. The highest BCUT2D eigenvalue weighted by Gasteiger charge is 2.32. The van der Waals surface area contributed by atoms with Crippen molar-refractivity contribution in [2.24, 2.45) is 5.92 Å². The van der Waals surface area contributed by atoms with Crippen molar-refractivity contribution in [3.63, 3.8) is 0 Å². The molecule has 1 aliphatic heterocycles. The molecule has 0 spiro atoms. The minimum absolute atomic E-state index is 0.108. The van der Waals surface area contributed by atoms with Gasteiger partial charge in [0.1, 0.15) is 5.76 Å². The zero-order chi connectivity index (χ0) is 21.3. The minimum atomic E-state index is -0.746. The fraction of sp³-hybridized carbons (Fsp3) is 0.762. The highest BCUT2D eigenvalue weighted by atomic mass is 16.6. The third kappa shape index (κ3) is 6.90. The van der Waals surface area contributed by atoms with E-state index in [0.29, 0.717) is 56.8 Å². The van der Waals surface area contributed by atoms with Crippen LogP contribution in [0.1, 0.15) is 51.2 Å². The molecular weight excluding hydrogens is 388 g/mol. The van der Waals surface area contributed by atoms with E-state index < -0.39 is 12.2 Å². The van der Waals surface area contributed by atoms with E-state index in [4.69, 9.17) is 14.0 Å². The van der Waals surface area contributed by atoms with E-state index in [1.165, 1.54) is 19.3 Å². The minimum Gasteiger partial charge on any atom is -0.436 e. The third-order valence-corrected chi connectivity index (χ3v) is 5.70. The first-order valence-electron chi connectivity index (χ1n) is 11.0. The number of morpholine rings is 1. The molecule has 3 rings (SSSR count). The van der Waals surface area contributed by atoms with Gasteiger partial charge in [0.2, 0.25) is 0 Å². The molecule has 1 saturated carbocycles. The molecular formula is C21H34N4O5. The summed E-state index contributed by atoms with van der Waals surface area (Å²) in [5, 5.41) is 9.77. The quantitative estimate of drug-likeness (QED) is 0.663. The first-order chi connectivity index (χ1) is 14.5. The molecule has 2 atom stereocenters. The highest BCUT2D eigenvalue weighted by Crippen LogP contribution is 2.28. The summed E-state index contributed by atoms with van der Waals surface area (Å²) >= 11 is 0. The Bertz CT molecular complexity index is 683. The Hall–Kier alpha value is -2.29. The first kappa shape index (κ1) is 22.4. The lowest BCUT2D eigenvalue weighted by molar-refractivity contribution is -0.145. The maximum absolute atomic E-state index is 13.0. The second kappa shape index (κ2) is 11.2. The number of aromatic nitrogens is 1. The number of aryl methyl sites for hydroxylation is 1. The van der Waals surface area contributed by atoms with Crippen LogP contribution in [0.3, 0.4) is 0 Å². The lowest BCUT2D eigenvalue weighted by Gasteiger charge is -2.32. The van der Waals surface area contributed by atoms with Crippen molar-refractivity contribution in [1.82, 2.24) is 15.4 Å². The van der Waals surface area contributed by atoms with Gasteiger partial charge in [0, 0.05) is 31.7 Å². The molecule has 9 nitrogen and oxygen atoms in total. The molecule has 1 aromatic rings. The van der Waals surface area contributed by atoms with E-state index >= 15 is 0 Å².